The third-order valence-corrected chi connectivity index (χ3v) is 2.64. The maximum atomic E-state index is 10.9. The summed E-state index contributed by atoms with van der Waals surface area (Å²) in [6.45, 7) is 3.14. The second-order valence-corrected chi connectivity index (χ2v) is 4.27. The van der Waals surface area contributed by atoms with Crippen LogP contribution in [0.15, 0.2) is 4.52 Å². The Morgan fingerprint density at radius 2 is 2.44 bits per heavy atom. The van der Waals surface area contributed by atoms with Crippen molar-refractivity contribution in [3.8, 4) is 0 Å². The molecule has 1 aromatic rings. The molecule has 0 amide bonds. The average Bonchev–Trinajstić information content (AvgIpc) is 2.66. The molecule has 2 rings (SSSR count). The SMILES string of the molecule is CC(=O)Cc1noc(CC2CCCOC2)n1. The van der Waals surface area contributed by atoms with Crippen LogP contribution < -0.4 is 0 Å². The fourth-order valence-corrected chi connectivity index (χ4v) is 1.88. The van der Waals surface area contributed by atoms with Crippen LogP contribution in [-0.2, 0) is 22.4 Å². The van der Waals surface area contributed by atoms with E-state index in [1.54, 1.807) is 0 Å². The molecule has 1 saturated heterocycles. The molecule has 0 aromatic carbocycles. The predicted molar refractivity (Wildman–Crippen MR) is 55.9 cm³/mol. The maximum Gasteiger partial charge on any atom is 0.227 e. The fourth-order valence-electron chi connectivity index (χ4n) is 1.88. The molecule has 0 saturated carbocycles. The van der Waals surface area contributed by atoms with Crippen LogP contribution in [0.5, 0.6) is 0 Å². The lowest BCUT2D eigenvalue weighted by atomic mass is 9.99. The smallest absolute Gasteiger partial charge is 0.227 e. The Morgan fingerprint density at radius 3 is 3.12 bits per heavy atom. The van der Waals surface area contributed by atoms with Gasteiger partial charge in [-0.3, -0.25) is 4.79 Å². The van der Waals surface area contributed by atoms with E-state index in [0.717, 1.165) is 32.5 Å². The zero-order valence-corrected chi connectivity index (χ0v) is 9.44. The highest BCUT2D eigenvalue weighted by Crippen LogP contribution is 2.17. The average molecular weight is 224 g/mol. The normalized spacial score (nSPS) is 20.9. The molecule has 1 aromatic heterocycles. The highest BCUT2D eigenvalue weighted by molar-refractivity contribution is 5.77. The molecule has 0 spiro atoms. The number of ketones is 1. The monoisotopic (exact) mass is 224 g/mol. The van der Waals surface area contributed by atoms with Gasteiger partial charge in [-0.15, -0.1) is 0 Å². The molecule has 0 bridgehead atoms. The fraction of sp³-hybridized carbons (Fsp3) is 0.727. The number of carbonyl (C=O) groups excluding carboxylic acids is 1. The van der Waals surface area contributed by atoms with Crippen molar-refractivity contribution in [3.63, 3.8) is 0 Å². The largest absolute Gasteiger partial charge is 0.381 e. The second kappa shape index (κ2) is 5.21. The van der Waals surface area contributed by atoms with Crippen LogP contribution >= 0.6 is 0 Å². The Kier molecular flexibility index (Phi) is 3.66. The van der Waals surface area contributed by atoms with Gasteiger partial charge in [0.2, 0.25) is 5.89 Å². The van der Waals surface area contributed by atoms with Crippen LogP contribution in [0.3, 0.4) is 0 Å². The van der Waals surface area contributed by atoms with Crippen molar-refractivity contribution < 1.29 is 14.1 Å². The lowest BCUT2D eigenvalue weighted by molar-refractivity contribution is -0.116. The highest BCUT2D eigenvalue weighted by atomic mass is 16.5. The molecule has 1 aliphatic rings. The van der Waals surface area contributed by atoms with Gasteiger partial charge in [-0.05, 0) is 25.7 Å². The van der Waals surface area contributed by atoms with Gasteiger partial charge in [0.05, 0.1) is 6.42 Å². The summed E-state index contributed by atoms with van der Waals surface area (Å²) in [6, 6.07) is 0. The Balaban J connectivity index is 1.88. The van der Waals surface area contributed by atoms with Crippen molar-refractivity contribution in [2.24, 2.45) is 5.92 Å². The molecule has 16 heavy (non-hydrogen) atoms. The van der Waals surface area contributed by atoms with Gasteiger partial charge in [-0.1, -0.05) is 5.16 Å². The van der Waals surface area contributed by atoms with Crippen LogP contribution in [-0.4, -0.2) is 29.1 Å². The number of hydrogen-bond acceptors (Lipinski definition) is 5. The van der Waals surface area contributed by atoms with Gasteiger partial charge in [0.25, 0.3) is 0 Å². The summed E-state index contributed by atoms with van der Waals surface area (Å²) in [7, 11) is 0. The summed E-state index contributed by atoms with van der Waals surface area (Å²) in [4.78, 5) is 15.1. The predicted octanol–water partition coefficient (Wildman–Crippen LogP) is 1.17. The first-order valence-corrected chi connectivity index (χ1v) is 5.62. The number of aromatic nitrogens is 2. The van der Waals surface area contributed by atoms with Gasteiger partial charge in [0.1, 0.15) is 5.78 Å². The molecule has 1 unspecified atom stereocenters. The summed E-state index contributed by atoms with van der Waals surface area (Å²) in [6.07, 6.45) is 3.25. The Morgan fingerprint density at radius 1 is 1.56 bits per heavy atom. The van der Waals surface area contributed by atoms with Gasteiger partial charge < -0.3 is 9.26 Å². The molecule has 0 radical (unpaired) electrons. The van der Waals surface area contributed by atoms with E-state index in [2.05, 4.69) is 10.1 Å². The number of hydrogen-bond donors (Lipinski definition) is 0. The first-order valence-electron chi connectivity index (χ1n) is 5.62. The van der Waals surface area contributed by atoms with Crippen molar-refractivity contribution >= 4 is 5.78 Å². The first-order chi connectivity index (χ1) is 7.74. The molecule has 88 valence electrons. The zero-order chi connectivity index (χ0) is 11.4. The molecular weight excluding hydrogens is 208 g/mol. The quantitative estimate of drug-likeness (QED) is 0.768. The summed E-state index contributed by atoms with van der Waals surface area (Å²) in [5.41, 5.74) is 0. The summed E-state index contributed by atoms with van der Waals surface area (Å²) >= 11 is 0. The van der Waals surface area contributed by atoms with Crippen molar-refractivity contribution in [1.82, 2.24) is 10.1 Å². The summed E-state index contributed by atoms with van der Waals surface area (Å²) < 4.78 is 10.5. The van der Waals surface area contributed by atoms with E-state index in [0.29, 0.717) is 17.6 Å². The molecule has 0 aliphatic carbocycles. The van der Waals surface area contributed by atoms with E-state index in [1.807, 2.05) is 0 Å². The van der Waals surface area contributed by atoms with Crippen LogP contribution in [0.2, 0.25) is 0 Å². The molecule has 5 heteroatoms. The van der Waals surface area contributed by atoms with Gasteiger partial charge >= 0.3 is 0 Å². The van der Waals surface area contributed by atoms with Gasteiger partial charge in [0.15, 0.2) is 5.82 Å². The van der Waals surface area contributed by atoms with E-state index in [4.69, 9.17) is 9.26 Å². The number of rotatable bonds is 4. The number of nitrogens with zero attached hydrogens (tertiary/aromatic N) is 2. The van der Waals surface area contributed by atoms with E-state index in [-0.39, 0.29) is 12.2 Å². The number of carbonyl (C=O) groups is 1. The van der Waals surface area contributed by atoms with Crippen molar-refractivity contribution in [2.75, 3.05) is 13.2 Å². The summed E-state index contributed by atoms with van der Waals surface area (Å²) in [5, 5.41) is 3.77. The Hall–Kier alpha value is -1.23. The van der Waals surface area contributed by atoms with Gasteiger partial charge in [-0.25, -0.2) is 0 Å². The minimum atomic E-state index is 0.0494. The molecule has 2 heterocycles. The minimum Gasteiger partial charge on any atom is -0.381 e. The summed E-state index contributed by atoms with van der Waals surface area (Å²) in [5.74, 6) is 1.62. The van der Waals surface area contributed by atoms with E-state index in [9.17, 15) is 4.79 Å². The Labute approximate surface area is 94.2 Å². The lowest BCUT2D eigenvalue weighted by Gasteiger charge is -2.20. The topological polar surface area (TPSA) is 65.2 Å². The molecule has 5 nitrogen and oxygen atoms in total. The molecule has 0 N–H and O–H groups in total. The van der Waals surface area contributed by atoms with Crippen LogP contribution in [0.1, 0.15) is 31.5 Å². The molecule has 1 fully saturated rings. The van der Waals surface area contributed by atoms with Crippen LogP contribution in [0, 0.1) is 5.92 Å². The second-order valence-electron chi connectivity index (χ2n) is 4.27. The number of Topliss-reactive ketones (excluding diaryl/α,β-unsaturated/α-hetero) is 1. The Bertz CT molecular complexity index is 356. The highest BCUT2D eigenvalue weighted by Gasteiger charge is 2.18. The van der Waals surface area contributed by atoms with Gasteiger partial charge in [0, 0.05) is 19.6 Å². The molecule has 1 atom stereocenters. The molecular formula is C11H16N2O3. The van der Waals surface area contributed by atoms with E-state index >= 15 is 0 Å². The zero-order valence-electron chi connectivity index (χ0n) is 9.44. The lowest BCUT2D eigenvalue weighted by Crippen LogP contribution is -2.19. The van der Waals surface area contributed by atoms with Crippen LogP contribution in [0.25, 0.3) is 0 Å². The van der Waals surface area contributed by atoms with E-state index < -0.39 is 0 Å². The van der Waals surface area contributed by atoms with Crippen molar-refractivity contribution in [2.45, 2.75) is 32.6 Å². The standard InChI is InChI=1S/C11H16N2O3/c1-8(14)5-10-12-11(16-13-10)6-9-3-2-4-15-7-9/h9H,2-7H2,1H3. The van der Waals surface area contributed by atoms with Crippen molar-refractivity contribution in [1.29, 1.82) is 0 Å². The third kappa shape index (κ3) is 3.13. The van der Waals surface area contributed by atoms with Gasteiger partial charge in [-0.2, -0.15) is 4.98 Å². The van der Waals surface area contributed by atoms with E-state index in [1.165, 1.54) is 6.92 Å². The number of ether oxygens (including phenoxy) is 1. The third-order valence-electron chi connectivity index (χ3n) is 2.64. The molecule has 1 aliphatic heterocycles. The first kappa shape index (κ1) is 11.3. The van der Waals surface area contributed by atoms with Crippen molar-refractivity contribution in [3.05, 3.63) is 11.7 Å². The maximum absolute atomic E-state index is 10.9. The minimum absolute atomic E-state index is 0.0494. The van der Waals surface area contributed by atoms with Crippen LogP contribution in [0.4, 0.5) is 0 Å².